The lowest BCUT2D eigenvalue weighted by atomic mass is 10.2. The van der Waals surface area contributed by atoms with Crippen LogP contribution in [0.15, 0.2) is 47.9 Å². The van der Waals surface area contributed by atoms with Gasteiger partial charge in [0.15, 0.2) is 0 Å². The maximum absolute atomic E-state index is 12.2. The topological polar surface area (TPSA) is 44.1 Å². The molecule has 0 saturated carbocycles. The predicted octanol–water partition coefficient (Wildman–Crippen LogP) is 3.32. The van der Waals surface area contributed by atoms with Crippen molar-refractivity contribution in [2.24, 2.45) is 0 Å². The van der Waals surface area contributed by atoms with E-state index < -0.39 is 10.8 Å². The van der Waals surface area contributed by atoms with E-state index in [0.717, 1.165) is 17.7 Å². The summed E-state index contributed by atoms with van der Waals surface area (Å²) in [6.45, 7) is 3.99. The zero-order valence-electron chi connectivity index (χ0n) is 12.8. The highest BCUT2D eigenvalue weighted by Crippen LogP contribution is 2.11. The number of aryl methyl sites for hydroxylation is 1. The summed E-state index contributed by atoms with van der Waals surface area (Å²) in [4.78, 5) is 4.81. The summed E-state index contributed by atoms with van der Waals surface area (Å²) in [5.74, 6) is 0.634. The number of ether oxygens (including phenoxy) is 1. The molecule has 0 radical (unpaired) electrons. The first kappa shape index (κ1) is 16.8. The Morgan fingerprint density at radius 2 is 2.14 bits per heavy atom. The van der Waals surface area contributed by atoms with Gasteiger partial charge in [-0.25, -0.2) is 4.98 Å². The molecular formula is C16H20N2O2S2. The molecule has 2 aromatic rings. The molecule has 0 saturated heterocycles. The normalized spacial score (nSPS) is 13.5. The van der Waals surface area contributed by atoms with Crippen molar-refractivity contribution in [2.75, 3.05) is 5.75 Å². The van der Waals surface area contributed by atoms with Crippen LogP contribution in [0.5, 0.6) is 0 Å². The second-order valence-electron chi connectivity index (χ2n) is 5.17. The molecule has 22 heavy (non-hydrogen) atoms. The molecule has 0 spiro atoms. The maximum atomic E-state index is 12.2. The van der Waals surface area contributed by atoms with Crippen molar-refractivity contribution in [2.45, 2.75) is 37.7 Å². The van der Waals surface area contributed by atoms with Crippen LogP contribution in [0.1, 0.15) is 25.3 Å². The van der Waals surface area contributed by atoms with Gasteiger partial charge in [-0.05, 0) is 51.0 Å². The highest BCUT2D eigenvalue weighted by atomic mass is 32.2. The van der Waals surface area contributed by atoms with E-state index in [9.17, 15) is 4.21 Å². The second-order valence-corrected chi connectivity index (χ2v) is 7.09. The minimum Gasteiger partial charge on any atom is -0.467 e. The monoisotopic (exact) mass is 336 g/mol. The molecule has 118 valence electrons. The fraction of sp³-hybridized carbons (Fsp3) is 0.375. The molecule has 1 aromatic heterocycles. The van der Waals surface area contributed by atoms with E-state index in [-0.39, 0.29) is 6.10 Å². The van der Waals surface area contributed by atoms with Crippen molar-refractivity contribution in [3.05, 3.63) is 48.5 Å². The van der Waals surface area contributed by atoms with Crippen molar-refractivity contribution < 1.29 is 8.95 Å². The van der Waals surface area contributed by atoms with E-state index in [1.54, 1.807) is 23.3 Å². The Morgan fingerprint density at radius 1 is 1.41 bits per heavy atom. The average molecular weight is 336 g/mol. The quantitative estimate of drug-likeness (QED) is 0.759. The van der Waals surface area contributed by atoms with Crippen LogP contribution in [-0.4, -0.2) is 30.8 Å². The zero-order valence-corrected chi connectivity index (χ0v) is 14.4. The van der Waals surface area contributed by atoms with Crippen LogP contribution in [0.2, 0.25) is 0 Å². The molecule has 2 unspecified atom stereocenters. The van der Waals surface area contributed by atoms with Crippen LogP contribution in [0.25, 0.3) is 0 Å². The van der Waals surface area contributed by atoms with Crippen LogP contribution in [-0.2, 0) is 15.5 Å². The van der Waals surface area contributed by atoms with Crippen molar-refractivity contribution in [1.29, 1.82) is 0 Å². The third-order valence-corrected chi connectivity index (χ3v) is 5.01. The first-order valence-electron chi connectivity index (χ1n) is 7.20. The molecule has 0 amide bonds. The summed E-state index contributed by atoms with van der Waals surface area (Å²) in [7, 11) is -0.954. The lowest BCUT2D eigenvalue weighted by Crippen LogP contribution is -2.19. The third kappa shape index (κ3) is 5.03. The second kappa shape index (κ2) is 8.19. The van der Waals surface area contributed by atoms with Gasteiger partial charge in [0.05, 0.1) is 16.9 Å². The van der Waals surface area contributed by atoms with Gasteiger partial charge in [-0.3, -0.25) is 8.78 Å². The van der Waals surface area contributed by atoms with Crippen molar-refractivity contribution in [1.82, 2.24) is 9.55 Å². The SMILES string of the molecule is Cc1ccc(S(=O)CCCC(C)OC(=S)n2ccnc2)cc1. The Kier molecular flexibility index (Phi) is 6.27. The maximum Gasteiger partial charge on any atom is 0.269 e. The number of aromatic nitrogens is 2. The number of nitrogens with zero attached hydrogens (tertiary/aromatic N) is 2. The van der Waals surface area contributed by atoms with E-state index in [2.05, 4.69) is 4.98 Å². The molecule has 0 fully saturated rings. The summed E-state index contributed by atoms with van der Waals surface area (Å²) >= 11 is 5.18. The highest BCUT2D eigenvalue weighted by Gasteiger charge is 2.09. The fourth-order valence-corrected chi connectivity index (χ4v) is 3.35. The summed E-state index contributed by atoms with van der Waals surface area (Å²) in [5, 5.41) is 0.393. The molecule has 0 aliphatic rings. The first-order chi connectivity index (χ1) is 10.6. The minimum absolute atomic E-state index is 0.00934. The Balaban J connectivity index is 1.72. The van der Waals surface area contributed by atoms with Gasteiger partial charge in [-0.15, -0.1) is 0 Å². The third-order valence-electron chi connectivity index (χ3n) is 3.24. The van der Waals surface area contributed by atoms with Crippen LogP contribution < -0.4 is 0 Å². The van der Waals surface area contributed by atoms with Crippen LogP contribution >= 0.6 is 12.2 Å². The van der Waals surface area contributed by atoms with Gasteiger partial charge in [0.1, 0.15) is 6.33 Å². The summed E-state index contributed by atoms with van der Waals surface area (Å²) in [6, 6.07) is 7.84. The molecule has 0 aliphatic carbocycles. The Hall–Kier alpha value is -1.53. The largest absolute Gasteiger partial charge is 0.467 e. The molecule has 2 rings (SSSR count). The number of rotatable bonds is 6. The number of imidazole rings is 1. The number of thiocarbonyl (C=S) groups is 1. The van der Waals surface area contributed by atoms with E-state index >= 15 is 0 Å². The molecule has 1 heterocycles. The fourth-order valence-electron chi connectivity index (χ4n) is 1.97. The van der Waals surface area contributed by atoms with E-state index in [1.807, 2.05) is 38.1 Å². The summed E-state index contributed by atoms with van der Waals surface area (Å²) in [6.07, 6.45) is 6.65. The van der Waals surface area contributed by atoms with Gasteiger partial charge in [-0.1, -0.05) is 17.7 Å². The molecule has 1 aromatic carbocycles. The Bertz CT molecular complexity index is 624. The van der Waals surface area contributed by atoms with Gasteiger partial charge >= 0.3 is 0 Å². The van der Waals surface area contributed by atoms with Crippen LogP contribution in [0.3, 0.4) is 0 Å². The highest BCUT2D eigenvalue weighted by molar-refractivity contribution is 7.85. The summed E-state index contributed by atoms with van der Waals surface area (Å²) < 4.78 is 19.5. The minimum atomic E-state index is -0.954. The summed E-state index contributed by atoms with van der Waals surface area (Å²) in [5.41, 5.74) is 1.18. The predicted molar refractivity (Wildman–Crippen MR) is 92.5 cm³/mol. The van der Waals surface area contributed by atoms with Crippen molar-refractivity contribution >= 4 is 28.2 Å². The lowest BCUT2D eigenvalue weighted by molar-refractivity contribution is 0.194. The number of benzene rings is 1. The van der Waals surface area contributed by atoms with Crippen molar-refractivity contribution in [3.63, 3.8) is 0 Å². The van der Waals surface area contributed by atoms with Gasteiger partial charge < -0.3 is 4.74 Å². The molecule has 6 heteroatoms. The van der Waals surface area contributed by atoms with Gasteiger partial charge in [0.25, 0.3) is 5.17 Å². The zero-order chi connectivity index (χ0) is 15.9. The van der Waals surface area contributed by atoms with E-state index in [0.29, 0.717) is 10.9 Å². The number of hydrogen-bond donors (Lipinski definition) is 0. The van der Waals surface area contributed by atoms with E-state index in [1.165, 1.54) is 5.56 Å². The lowest BCUT2D eigenvalue weighted by Gasteiger charge is -2.15. The van der Waals surface area contributed by atoms with Gasteiger partial charge in [0.2, 0.25) is 0 Å². The molecule has 0 N–H and O–H groups in total. The van der Waals surface area contributed by atoms with E-state index in [4.69, 9.17) is 17.0 Å². The Labute approximate surface area is 139 Å². The molecule has 0 aliphatic heterocycles. The van der Waals surface area contributed by atoms with Crippen LogP contribution in [0, 0.1) is 6.92 Å². The van der Waals surface area contributed by atoms with Gasteiger partial charge in [0, 0.05) is 23.0 Å². The standard InChI is InChI=1S/C16H20N2O2S2/c1-13-5-7-15(8-6-13)22(19)11-3-4-14(2)20-16(21)18-10-9-17-12-18/h5-10,12,14H,3-4,11H2,1-2H3. The van der Waals surface area contributed by atoms with Crippen LogP contribution in [0.4, 0.5) is 0 Å². The molecule has 4 nitrogen and oxygen atoms in total. The molecule has 0 bridgehead atoms. The molecular weight excluding hydrogens is 316 g/mol. The van der Waals surface area contributed by atoms with Crippen molar-refractivity contribution in [3.8, 4) is 0 Å². The first-order valence-corrected chi connectivity index (χ1v) is 8.93. The Morgan fingerprint density at radius 3 is 2.77 bits per heavy atom. The average Bonchev–Trinajstić information content (AvgIpc) is 3.02. The number of hydrogen-bond acceptors (Lipinski definition) is 4. The molecule has 2 atom stereocenters. The smallest absolute Gasteiger partial charge is 0.269 e. The van der Waals surface area contributed by atoms with Gasteiger partial charge in [-0.2, -0.15) is 0 Å².